The van der Waals surface area contributed by atoms with Gasteiger partial charge in [-0.05, 0) is 18.6 Å². The van der Waals surface area contributed by atoms with Gasteiger partial charge in [-0.25, -0.2) is 0 Å². The van der Waals surface area contributed by atoms with Gasteiger partial charge < -0.3 is 5.11 Å². The molecule has 0 aliphatic carbocycles. The molecule has 0 radical (unpaired) electrons. The van der Waals surface area contributed by atoms with Gasteiger partial charge in [0.15, 0.2) is 5.78 Å². The molecule has 20 heavy (non-hydrogen) atoms. The SMILES string of the molecule is C[C@H](C(=O)O)c1cccc(C(=O)c2ccccc2)c1.[CaH2]. The fourth-order valence-corrected chi connectivity index (χ4v) is 1.85. The number of carbonyl (C=O) groups is 2. The van der Waals surface area contributed by atoms with Crippen molar-refractivity contribution in [2.45, 2.75) is 12.8 Å². The molecule has 100 valence electrons. The molecule has 1 N–H and O–H groups in total. The molecule has 4 heteroatoms. The quantitative estimate of drug-likeness (QED) is 0.695. The van der Waals surface area contributed by atoms with Crippen molar-refractivity contribution in [1.29, 1.82) is 0 Å². The van der Waals surface area contributed by atoms with Crippen LogP contribution in [0.25, 0.3) is 0 Å². The van der Waals surface area contributed by atoms with Gasteiger partial charge in [-0.2, -0.15) is 0 Å². The number of rotatable bonds is 4. The molecule has 0 aliphatic heterocycles. The van der Waals surface area contributed by atoms with E-state index < -0.39 is 11.9 Å². The molecule has 0 fully saturated rings. The van der Waals surface area contributed by atoms with Crippen LogP contribution in [0.4, 0.5) is 0 Å². The van der Waals surface area contributed by atoms with Crippen LogP contribution in [0, 0.1) is 0 Å². The predicted octanol–water partition coefficient (Wildman–Crippen LogP) is 2.19. The van der Waals surface area contributed by atoms with E-state index in [4.69, 9.17) is 5.11 Å². The van der Waals surface area contributed by atoms with Gasteiger partial charge >= 0.3 is 43.7 Å². The van der Waals surface area contributed by atoms with Crippen LogP contribution in [0.5, 0.6) is 0 Å². The molecule has 1 atom stereocenters. The Morgan fingerprint density at radius 2 is 1.55 bits per heavy atom. The number of hydrogen-bond donors (Lipinski definition) is 1. The first-order valence-electron chi connectivity index (χ1n) is 6.02. The molecule has 0 spiro atoms. The second-order valence-electron chi connectivity index (χ2n) is 4.38. The maximum absolute atomic E-state index is 12.2. The molecule has 0 amide bonds. The Kier molecular flexibility index (Phi) is 6.40. The van der Waals surface area contributed by atoms with Crippen LogP contribution >= 0.6 is 0 Å². The van der Waals surface area contributed by atoms with Gasteiger partial charge in [-0.3, -0.25) is 9.59 Å². The fraction of sp³-hybridized carbons (Fsp3) is 0.125. The molecule has 2 rings (SSSR count). The zero-order valence-corrected chi connectivity index (χ0v) is 10.5. The number of carboxylic acids is 1. The van der Waals surface area contributed by atoms with Crippen molar-refractivity contribution >= 4 is 49.5 Å². The summed E-state index contributed by atoms with van der Waals surface area (Å²) in [6.45, 7) is 1.61. The summed E-state index contributed by atoms with van der Waals surface area (Å²) in [4.78, 5) is 23.2. The van der Waals surface area contributed by atoms with Gasteiger partial charge in [-0.15, -0.1) is 0 Å². The van der Waals surface area contributed by atoms with Gasteiger partial charge in [0.2, 0.25) is 0 Å². The Labute approximate surface area is 147 Å². The Morgan fingerprint density at radius 1 is 0.950 bits per heavy atom. The van der Waals surface area contributed by atoms with E-state index in [1.54, 1.807) is 55.5 Å². The van der Waals surface area contributed by atoms with Crippen LogP contribution in [-0.2, 0) is 4.79 Å². The Balaban J connectivity index is 0.00000200. The van der Waals surface area contributed by atoms with Gasteiger partial charge in [0.1, 0.15) is 0 Å². The van der Waals surface area contributed by atoms with Gasteiger partial charge in [0.25, 0.3) is 0 Å². The number of hydrogen-bond acceptors (Lipinski definition) is 2. The van der Waals surface area contributed by atoms with Crippen molar-refractivity contribution < 1.29 is 14.7 Å². The zero-order valence-electron chi connectivity index (χ0n) is 10.5. The van der Waals surface area contributed by atoms with Crippen LogP contribution in [0.3, 0.4) is 0 Å². The van der Waals surface area contributed by atoms with E-state index >= 15 is 0 Å². The minimum absolute atomic E-state index is 0. The Morgan fingerprint density at radius 3 is 2.15 bits per heavy atom. The summed E-state index contributed by atoms with van der Waals surface area (Å²) in [5.41, 5.74) is 1.74. The van der Waals surface area contributed by atoms with Crippen LogP contribution < -0.4 is 0 Å². The van der Waals surface area contributed by atoms with Crippen molar-refractivity contribution in [3.63, 3.8) is 0 Å². The number of benzene rings is 2. The molecule has 2 aromatic rings. The summed E-state index contributed by atoms with van der Waals surface area (Å²) < 4.78 is 0. The number of carboxylic acid groups (broad SMARTS) is 1. The van der Waals surface area contributed by atoms with Crippen molar-refractivity contribution in [2.75, 3.05) is 0 Å². The summed E-state index contributed by atoms with van der Waals surface area (Å²) in [7, 11) is 0. The third-order valence-electron chi connectivity index (χ3n) is 3.06. The van der Waals surface area contributed by atoms with E-state index in [-0.39, 0.29) is 43.5 Å². The van der Waals surface area contributed by atoms with Crippen LogP contribution in [0.15, 0.2) is 54.6 Å². The second-order valence-corrected chi connectivity index (χ2v) is 4.38. The minimum atomic E-state index is -0.899. The van der Waals surface area contributed by atoms with E-state index in [0.29, 0.717) is 16.7 Å². The zero-order chi connectivity index (χ0) is 13.8. The van der Waals surface area contributed by atoms with Crippen LogP contribution in [0.2, 0.25) is 0 Å². The van der Waals surface area contributed by atoms with Crippen molar-refractivity contribution in [2.24, 2.45) is 0 Å². The molecule has 0 aliphatic rings. The van der Waals surface area contributed by atoms with Gasteiger partial charge in [0, 0.05) is 11.1 Å². The molecule has 0 saturated heterocycles. The van der Waals surface area contributed by atoms with Crippen molar-refractivity contribution in [1.82, 2.24) is 0 Å². The normalized spacial score (nSPS) is 11.2. The first-order valence-corrected chi connectivity index (χ1v) is 6.02. The van der Waals surface area contributed by atoms with Gasteiger partial charge in [0.05, 0.1) is 5.92 Å². The first kappa shape index (κ1) is 16.9. The third-order valence-corrected chi connectivity index (χ3v) is 3.06. The van der Waals surface area contributed by atoms with E-state index in [9.17, 15) is 9.59 Å². The molecular weight excluding hydrogens is 280 g/mol. The molecule has 3 nitrogen and oxygen atoms in total. The van der Waals surface area contributed by atoms with Gasteiger partial charge in [-0.1, -0.05) is 48.5 Å². The van der Waals surface area contributed by atoms with E-state index in [1.165, 1.54) is 0 Å². The Hall–Kier alpha value is -1.16. The van der Waals surface area contributed by atoms with Crippen LogP contribution in [0.1, 0.15) is 34.3 Å². The topological polar surface area (TPSA) is 54.4 Å². The standard InChI is InChI=1S/C16H14O3.Ca.2H/c1-11(16(18)19)13-8-5-9-14(10-13)15(17)12-6-3-2-4-7-12;;;/h2-11H,1H3,(H,18,19);;;/t11-;;;/m0.../s1. The average molecular weight is 296 g/mol. The van der Waals surface area contributed by atoms with Crippen molar-refractivity contribution in [3.8, 4) is 0 Å². The third kappa shape index (κ3) is 3.92. The predicted molar refractivity (Wildman–Crippen MR) is 80.9 cm³/mol. The number of carbonyl (C=O) groups excluding carboxylic acids is 1. The molecule has 0 unspecified atom stereocenters. The second kappa shape index (κ2) is 7.58. The summed E-state index contributed by atoms with van der Waals surface area (Å²) in [5, 5.41) is 9.00. The maximum atomic E-state index is 12.2. The summed E-state index contributed by atoms with van der Waals surface area (Å²) in [6.07, 6.45) is 0. The van der Waals surface area contributed by atoms with Crippen LogP contribution in [-0.4, -0.2) is 54.6 Å². The first-order chi connectivity index (χ1) is 9.09. The van der Waals surface area contributed by atoms with E-state index in [1.807, 2.05) is 6.07 Å². The summed E-state index contributed by atoms with van der Waals surface area (Å²) >= 11 is 0. The molecular formula is C16H16CaO3. The van der Waals surface area contributed by atoms with E-state index in [2.05, 4.69) is 0 Å². The summed E-state index contributed by atoms with van der Waals surface area (Å²) in [5.74, 6) is -1.62. The summed E-state index contributed by atoms with van der Waals surface area (Å²) in [6, 6.07) is 15.7. The molecule has 2 aromatic carbocycles. The fourth-order valence-electron chi connectivity index (χ4n) is 1.85. The van der Waals surface area contributed by atoms with E-state index in [0.717, 1.165) is 0 Å². The molecule has 0 heterocycles. The van der Waals surface area contributed by atoms with Crippen molar-refractivity contribution in [3.05, 3.63) is 71.3 Å². The molecule has 0 aromatic heterocycles. The average Bonchev–Trinajstić information content (AvgIpc) is 2.46. The monoisotopic (exact) mass is 296 g/mol. The number of ketones is 1. The number of aliphatic carboxylic acids is 1. The Bertz CT molecular complexity index is 608. The molecule has 0 saturated carbocycles. The molecule has 0 bridgehead atoms.